The zero-order chi connectivity index (χ0) is 30.6. The highest BCUT2D eigenvalue weighted by atomic mass is 16.3. The van der Waals surface area contributed by atoms with Gasteiger partial charge in [-0.05, 0) is 83.0 Å². The van der Waals surface area contributed by atoms with Crippen molar-refractivity contribution in [2.75, 3.05) is 0 Å². The van der Waals surface area contributed by atoms with Gasteiger partial charge in [0.25, 0.3) is 0 Å². The number of hydrogen-bond acceptors (Lipinski definition) is 3. The van der Waals surface area contributed by atoms with Gasteiger partial charge in [-0.1, -0.05) is 91.0 Å². The van der Waals surface area contributed by atoms with Crippen LogP contribution in [0.2, 0.25) is 0 Å². The van der Waals surface area contributed by atoms with Gasteiger partial charge in [-0.2, -0.15) is 0 Å². The molecule has 9 aromatic rings. The molecule has 0 saturated heterocycles. The monoisotopic (exact) mass is 590 g/mol. The highest BCUT2D eigenvalue weighted by Crippen LogP contribution is 2.38. The van der Waals surface area contributed by atoms with Gasteiger partial charge in [-0.25, -0.2) is 4.98 Å². The van der Waals surface area contributed by atoms with E-state index < -0.39 is 0 Å². The molecule has 5 heteroatoms. The van der Waals surface area contributed by atoms with Crippen LogP contribution in [0.5, 0.6) is 0 Å². The zero-order valence-electron chi connectivity index (χ0n) is 24.7. The van der Waals surface area contributed by atoms with Gasteiger partial charge in [-0.15, -0.1) is 4.91 Å². The Kier molecular flexibility index (Phi) is 5.90. The van der Waals surface area contributed by atoms with E-state index in [1.165, 1.54) is 32.6 Å². The predicted molar refractivity (Wildman–Crippen MR) is 189 cm³/mol. The lowest BCUT2D eigenvalue weighted by molar-refractivity contribution is 1.08. The average Bonchev–Trinajstić information content (AvgIpc) is 3.64. The number of nitrogens with zero attached hydrogens (tertiary/aromatic N) is 4. The quantitative estimate of drug-likeness (QED) is 0.187. The number of benzene rings is 6. The number of fused-ring (bicyclic) bond motifs is 6. The second kappa shape index (κ2) is 10.4. The van der Waals surface area contributed by atoms with Crippen LogP contribution in [-0.2, 0) is 0 Å². The molecule has 5 nitrogen and oxygen atoms in total. The fourth-order valence-electron chi connectivity index (χ4n) is 6.81. The molecule has 0 bridgehead atoms. The van der Waals surface area contributed by atoms with E-state index in [2.05, 4.69) is 130 Å². The third-order valence-electron chi connectivity index (χ3n) is 8.93. The summed E-state index contributed by atoms with van der Waals surface area (Å²) in [4.78, 5) is 16.1. The van der Waals surface area contributed by atoms with Crippen LogP contribution in [0.1, 0.15) is 0 Å². The molecular weight excluding hydrogens is 564 g/mol. The largest absolute Gasteiger partial charge is 0.309 e. The number of pyridine rings is 1. The average molecular weight is 591 g/mol. The molecule has 6 aromatic carbocycles. The first-order valence-corrected chi connectivity index (χ1v) is 15.3. The molecule has 0 spiro atoms. The van der Waals surface area contributed by atoms with Crippen LogP contribution in [0.15, 0.2) is 163 Å². The van der Waals surface area contributed by atoms with Gasteiger partial charge < -0.3 is 4.57 Å². The molecule has 216 valence electrons. The molecule has 0 saturated carbocycles. The van der Waals surface area contributed by atoms with Crippen LogP contribution in [0.4, 0.5) is 5.69 Å². The topological polar surface area (TPSA) is 52.2 Å². The fraction of sp³-hybridized carbons (Fsp3) is 0. The van der Waals surface area contributed by atoms with Gasteiger partial charge >= 0.3 is 0 Å². The molecule has 0 aliphatic heterocycles. The predicted octanol–water partition coefficient (Wildman–Crippen LogP) is 11.0. The fourth-order valence-corrected chi connectivity index (χ4v) is 6.81. The lowest BCUT2D eigenvalue weighted by Crippen LogP contribution is -1.98. The minimum atomic E-state index is 0.401. The van der Waals surface area contributed by atoms with Gasteiger partial charge in [0.15, 0.2) is 0 Å². The number of rotatable bonds is 5. The van der Waals surface area contributed by atoms with E-state index in [0.717, 1.165) is 44.9 Å². The van der Waals surface area contributed by atoms with Crippen molar-refractivity contribution in [2.45, 2.75) is 0 Å². The summed E-state index contributed by atoms with van der Waals surface area (Å²) in [7, 11) is 0. The minimum Gasteiger partial charge on any atom is -0.309 e. The van der Waals surface area contributed by atoms with E-state index in [9.17, 15) is 4.91 Å². The molecule has 46 heavy (non-hydrogen) atoms. The minimum absolute atomic E-state index is 0.401. The van der Waals surface area contributed by atoms with Crippen LogP contribution in [0.3, 0.4) is 0 Å². The first-order chi connectivity index (χ1) is 22.8. The molecule has 0 fully saturated rings. The van der Waals surface area contributed by atoms with Crippen LogP contribution >= 0.6 is 0 Å². The SMILES string of the molecule is O=Nc1ccc(-c2cccc(-n3c4ccccc4c4ccc(-c5ccc6c(c5)c5ccccc5n6-c5ccccc5)cc43)n2)cc1. The van der Waals surface area contributed by atoms with Crippen LogP contribution in [0, 0.1) is 4.91 Å². The summed E-state index contributed by atoms with van der Waals surface area (Å²) in [5, 5.41) is 7.85. The van der Waals surface area contributed by atoms with Crippen molar-refractivity contribution in [3.8, 4) is 33.9 Å². The Balaban J connectivity index is 1.23. The summed E-state index contributed by atoms with van der Waals surface area (Å²) >= 11 is 0. The third kappa shape index (κ3) is 4.06. The lowest BCUT2D eigenvalue weighted by Gasteiger charge is -2.11. The van der Waals surface area contributed by atoms with Gasteiger partial charge in [0.05, 0.1) is 27.8 Å². The molecule has 0 aliphatic rings. The van der Waals surface area contributed by atoms with Crippen molar-refractivity contribution in [1.29, 1.82) is 0 Å². The van der Waals surface area contributed by atoms with E-state index in [0.29, 0.717) is 5.69 Å². The maximum Gasteiger partial charge on any atom is 0.138 e. The summed E-state index contributed by atoms with van der Waals surface area (Å²) in [6, 6.07) is 54.5. The van der Waals surface area contributed by atoms with Crippen molar-refractivity contribution >= 4 is 49.3 Å². The van der Waals surface area contributed by atoms with E-state index in [1.807, 2.05) is 30.3 Å². The molecule has 3 heterocycles. The molecule has 0 N–H and O–H groups in total. The van der Waals surface area contributed by atoms with Crippen LogP contribution in [-0.4, -0.2) is 14.1 Å². The van der Waals surface area contributed by atoms with Crippen molar-refractivity contribution in [2.24, 2.45) is 5.18 Å². The van der Waals surface area contributed by atoms with Gasteiger partial charge in [0, 0.05) is 32.8 Å². The maximum atomic E-state index is 11.0. The van der Waals surface area contributed by atoms with E-state index >= 15 is 0 Å². The molecule has 0 amide bonds. The van der Waals surface area contributed by atoms with Gasteiger partial charge in [-0.3, -0.25) is 4.57 Å². The highest BCUT2D eigenvalue weighted by molar-refractivity contribution is 6.12. The van der Waals surface area contributed by atoms with E-state index in [1.54, 1.807) is 12.1 Å². The first-order valence-electron chi connectivity index (χ1n) is 15.3. The van der Waals surface area contributed by atoms with Crippen molar-refractivity contribution in [3.05, 3.63) is 163 Å². The zero-order valence-corrected chi connectivity index (χ0v) is 24.7. The molecule has 0 atom stereocenters. The smallest absolute Gasteiger partial charge is 0.138 e. The Morgan fingerprint density at radius 2 is 1.04 bits per heavy atom. The normalized spacial score (nSPS) is 11.6. The van der Waals surface area contributed by atoms with Crippen LogP contribution < -0.4 is 0 Å². The molecule has 9 rings (SSSR count). The lowest BCUT2D eigenvalue weighted by atomic mass is 10.0. The summed E-state index contributed by atoms with van der Waals surface area (Å²) in [6.07, 6.45) is 0. The van der Waals surface area contributed by atoms with E-state index in [-0.39, 0.29) is 0 Å². The molecular formula is C41H26N4O. The van der Waals surface area contributed by atoms with Gasteiger partial charge in [0.2, 0.25) is 0 Å². The molecule has 0 aliphatic carbocycles. The second-order valence-corrected chi connectivity index (χ2v) is 11.5. The summed E-state index contributed by atoms with van der Waals surface area (Å²) in [5.74, 6) is 0.833. The summed E-state index contributed by atoms with van der Waals surface area (Å²) in [5.41, 5.74) is 10.2. The van der Waals surface area contributed by atoms with Crippen molar-refractivity contribution in [1.82, 2.24) is 14.1 Å². The summed E-state index contributed by atoms with van der Waals surface area (Å²) < 4.78 is 4.59. The Labute approximate surface area is 264 Å². The number of hydrogen-bond donors (Lipinski definition) is 0. The Morgan fingerprint density at radius 3 is 1.83 bits per heavy atom. The molecule has 0 radical (unpaired) electrons. The van der Waals surface area contributed by atoms with Crippen molar-refractivity contribution in [3.63, 3.8) is 0 Å². The third-order valence-corrected chi connectivity index (χ3v) is 8.93. The Hall–Kier alpha value is -6.33. The maximum absolute atomic E-state index is 11.0. The Morgan fingerprint density at radius 1 is 0.435 bits per heavy atom. The first kappa shape index (κ1) is 26.1. The number of nitroso groups, excluding NO2 is 1. The summed E-state index contributed by atoms with van der Waals surface area (Å²) in [6.45, 7) is 0. The van der Waals surface area contributed by atoms with Crippen molar-refractivity contribution < 1.29 is 0 Å². The van der Waals surface area contributed by atoms with Gasteiger partial charge in [0.1, 0.15) is 11.5 Å². The second-order valence-electron chi connectivity index (χ2n) is 11.5. The Bertz CT molecular complexity index is 2600. The number of aromatic nitrogens is 3. The number of para-hydroxylation sites is 3. The molecule has 0 unspecified atom stereocenters. The van der Waals surface area contributed by atoms with E-state index in [4.69, 9.17) is 4.98 Å². The van der Waals surface area contributed by atoms with Crippen LogP contribution in [0.25, 0.3) is 77.5 Å². The molecule has 3 aromatic heterocycles. The highest BCUT2D eigenvalue weighted by Gasteiger charge is 2.16. The standard InChI is InChI=1S/C41H26N4O/c46-43-30-21-17-27(18-22-30)36-13-8-16-41(42-36)45-38-15-7-4-11-32(38)34-23-19-29(26-40(34)45)28-20-24-39-35(25-28)33-12-5-6-14-37(33)44(39)31-9-2-1-3-10-31/h1-26H.